The summed E-state index contributed by atoms with van der Waals surface area (Å²) in [4.78, 5) is 11.1. The van der Waals surface area contributed by atoms with E-state index in [0.717, 1.165) is 11.3 Å². The average Bonchev–Trinajstić information content (AvgIpc) is 3.00. The van der Waals surface area contributed by atoms with Crippen molar-refractivity contribution in [1.29, 1.82) is 0 Å². The zero-order chi connectivity index (χ0) is 16.8. The van der Waals surface area contributed by atoms with Gasteiger partial charge in [0.2, 0.25) is 5.91 Å². The molecule has 0 bridgehead atoms. The summed E-state index contributed by atoms with van der Waals surface area (Å²) in [5.74, 6) is 0.497. The smallest absolute Gasteiger partial charge is 0.221 e. The summed E-state index contributed by atoms with van der Waals surface area (Å²) in [6, 6.07) is 11.5. The molecule has 124 valence electrons. The van der Waals surface area contributed by atoms with Gasteiger partial charge in [-0.15, -0.1) is 0 Å². The number of hydrogen-bond acceptors (Lipinski definition) is 4. The van der Waals surface area contributed by atoms with Crippen molar-refractivity contribution in [3.63, 3.8) is 0 Å². The molecule has 5 nitrogen and oxygen atoms in total. The van der Waals surface area contributed by atoms with Crippen LogP contribution >= 0.6 is 0 Å². The van der Waals surface area contributed by atoms with Crippen molar-refractivity contribution in [1.82, 2.24) is 5.32 Å². The van der Waals surface area contributed by atoms with Gasteiger partial charge < -0.3 is 20.2 Å². The minimum atomic E-state index is -0.620. The van der Waals surface area contributed by atoms with Crippen LogP contribution in [0.5, 0.6) is 0 Å². The number of aliphatic hydroxyl groups is 1. The minimum absolute atomic E-state index is 0.0855. The van der Waals surface area contributed by atoms with Gasteiger partial charge in [-0.05, 0) is 50.1 Å². The number of carbonyl (C=O) groups is 1. The standard InChI is InChI=1S/C18H24N2O3/c1-12(10-17(22)18-8-5-9-23-18)19-13(2)15-6-4-7-16(11-15)20-14(3)21/h4-9,11-13,17,19,22H,10H2,1-3H3,(H,20,21). The fourth-order valence-electron chi connectivity index (χ4n) is 2.61. The van der Waals surface area contributed by atoms with E-state index >= 15 is 0 Å². The molecule has 0 spiro atoms. The molecule has 0 saturated heterocycles. The van der Waals surface area contributed by atoms with Crippen molar-refractivity contribution >= 4 is 11.6 Å². The maximum atomic E-state index is 11.1. The van der Waals surface area contributed by atoms with Crippen LogP contribution in [-0.4, -0.2) is 17.1 Å². The van der Waals surface area contributed by atoms with E-state index in [1.807, 2.05) is 31.2 Å². The molecule has 1 heterocycles. The Labute approximate surface area is 136 Å². The number of furan rings is 1. The highest BCUT2D eigenvalue weighted by Gasteiger charge is 2.17. The predicted molar refractivity (Wildman–Crippen MR) is 90.0 cm³/mol. The molecule has 3 unspecified atom stereocenters. The zero-order valence-corrected chi connectivity index (χ0v) is 13.7. The summed E-state index contributed by atoms with van der Waals surface area (Å²) in [7, 11) is 0. The monoisotopic (exact) mass is 316 g/mol. The van der Waals surface area contributed by atoms with Crippen LogP contribution in [-0.2, 0) is 4.79 Å². The molecule has 0 aliphatic heterocycles. The normalized spacial score (nSPS) is 15.0. The molecule has 2 rings (SSSR count). The highest BCUT2D eigenvalue weighted by molar-refractivity contribution is 5.88. The van der Waals surface area contributed by atoms with Crippen molar-refractivity contribution in [3.8, 4) is 0 Å². The first-order chi connectivity index (χ1) is 11.0. The number of amides is 1. The van der Waals surface area contributed by atoms with Crippen LogP contribution in [0.15, 0.2) is 47.1 Å². The predicted octanol–water partition coefficient (Wildman–Crippen LogP) is 3.40. The maximum absolute atomic E-state index is 11.1. The maximum Gasteiger partial charge on any atom is 0.221 e. The fourth-order valence-corrected chi connectivity index (χ4v) is 2.61. The summed E-state index contributed by atoms with van der Waals surface area (Å²) >= 11 is 0. The second kappa shape index (κ2) is 7.94. The summed E-state index contributed by atoms with van der Waals surface area (Å²) < 4.78 is 5.22. The molecular formula is C18H24N2O3. The van der Waals surface area contributed by atoms with Gasteiger partial charge in [-0.2, -0.15) is 0 Å². The number of hydrogen-bond donors (Lipinski definition) is 3. The van der Waals surface area contributed by atoms with E-state index in [4.69, 9.17) is 4.42 Å². The van der Waals surface area contributed by atoms with E-state index in [0.29, 0.717) is 12.2 Å². The number of benzene rings is 1. The SMILES string of the molecule is CC(=O)Nc1cccc(C(C)NC(C)CC(O)c2ccco2)c1. The molecule has 3 atom stereocenters. The first-order valence-corrected chi connectivity index (χ1v) is 7.80. The average molecular weight is 316 g/mol. The zero-order valence-electron chi connectivity index (χ0n) is 13.7. The number of carbonyl (C=O) groups excluding carboxylic acids is 1. The first-order valence-electron chi connectivity index (χ1n) is 7.80. The molecule has 0 aliphatic rings. The van der Waals surface area contributed by atoms with Crippen molar-refractivity contribution in [2.24, 2.45) is 0 Å². The summed E-state index contributed by atoms with van der Waals surface area (Å²) in [6.07, 6.45) is 1.50. The van der Waals surface area contributed by atoms with Crippen LogP contribution in [0.2, 0.25) is 0 Å². The summed E-state index contributed by atoms with van der Waals surface area (Å²) in [6.45, 7) is 5.58. The molecule has 0 radical (unpaired) electrons. The molecule has 1 aromatic heterocycles. The van der Waals surface area contributed by atoms with Crippen molar-refractivity contribution in [3.05, 3.63) is 54.0 Å². The van der Waals surface area contributed by atoms with E-state index in [1.165, 1.54) is 6.92 Å². The molecule has 0 fully saturated rings. The Bertz CT molecular complexity index is 625. The Morgan fingerprint density at radius 1 is 1.26 bits per heavy atom. The van der Waals surface area contributed by atoms with Crippen LogP contribution in [0, 0.1) is 0 Å². The number of rotatable bonds is 7. The van der Waals surface area contributed by atoms with Crippen molar-refractivity contribution < 1.29 is 14.3 Å². The fraction of sp³-hybridized carbons (Fsp3) is 0.389. The van der Waals surface area contributed by atoms with E-state index in [9.17, 15) is 9.90 Å². The van der Waals surface area contributed by atoms with Crippen LogP contribution in [0.4, 0.5) is 5.69 Å². The molecule has 1 amide bonds. The lowest BCUT2D eigenvalue weighted by molar-refractivity contribution is -0.114. The Kier molecular flexibility index (Phi) is 5.96. The highest BCUT2D eigenvalue weighted by Crippen LogP contribution is 2.22. The van der Waals surface area contributed by atoms with E-state index < -0.39 is 6.10 Å². The quantitative estimate of drug-likeness (QED) is 0.732. The molecule has 23 heavy (non-hydrogen) atoms. The van der Waals surface area contributed by atoms with Gasteiger partial charge in [-0.25, -0.2) is 0 Å². The third-order valence-corrected chi connectivity index (χ3v) is 3.69. The Hall–Kier alpha value is -2.11. The lowest BCUT2D eigenvalue weighted by Crippen LogP contribution is -2.30. The highest BCUT2D eigenvalue weighted by atomic mass is 16.4. The number of anilines is 1. The van der Waals surface area contributed by atoms with Crippen molar-refractivity contribution in [2.45, 2.75) is 45.4 Å². The third kappa shape index (κ3) is 5.23. The van der Waals surface area contributed by atoms with Gasteiger partial charge in [-0.1, -0.05) is 12.1 Å². The van der Waals surface area contributed by atoms with Crippen LogP contribution in [0.1, 0.15) is 50.7 Å². The van der Waals surface area contributed by atoms with Crippen LogP contribution in [0.3, 0.4) is 0 Å². The largest absolute Gasteiger partial charge is 0.467 e. The molecular weight excluding hydrogens is 292 g/mol. The molecule has 0 saturated carbocycles. The number of aliphatic hydroxyl groups excluding tert-OH is 1. The van der Waals surface area contributed by atoms with Crippen LogP contribution in [0.25, 0.3) is 0 Å². The van der Waals surface area contributed by atoms with Gasteiger partial charge in [0.05, 0.1) is 6.26 Å². The molecule has 1 aromatic carbocycles. The van der Waals surface area contributed by atoms with Gasteiger partial charge in [0.25, 0.3) is 0 Å². The molecule has 2 aromatic rings. The lowest BCUT2D eigenvalue weighted by Gasteiger charge is -2.22. The lowest BCUT2D eigenvalue weighted by atomic mass is 10.0. The van der Waals surface area contributed by atoms with Gasteiger partial charge in [-0.3, -0.25) is 4.79 Å². The van der Waals surface area contributed by atoms with Gasteiger partial charge in [0, 0.05) is 24.7 Å². The second-order valence-electron chi connectivity index (χ2n) is 5.86. The van der Waals surface area contributed by atoms with E-state index in [2.05, 4.69) is 17.6 Å². The first kappa shape index (κ1) is 17.2. The Balaban J connectivity index is 1.92. The number of nitrogens with one attached hydrogen (secondary N) is 2. The Morgan fingerprint density at radius 2 is 2.04 bits per heavy atom. The van der Waals surface area contributed by atoms with Gasteiger partial charge in [0.1, 0.15) is 11.9 Å². The third-order valence-electron chi connectivity index (χ3n) is 3.69. The van der Waals surface area contributed by atoms with E-state index in [1.54, 1.807) is 18.4 Å². The van der Waals surface area contributed by atoms with E-state index in [-0.39, 0.29) is 18.0 Å². The molecule has 5 heteroatoms. The molecule has 3 N–H and O–H groups in total. The second-order valence-corrected chi connectivity index (χ2v) is 5.86. The van der Waals surface area contributed by atoms with Crippen LogP contribution < -0.4 is 10.6 Å². The van der Waals surface area contributed by atoms with Crippen molar-refractivity contribution in [2.75, 3.05) is 5.32 Å². The van der Waals surface area contributed by atoms with Gasteiger partial charge in [0.15, 0.2) is 0 Å². The Morgan fingerprint density at radius 3 is 2.70 bits per heavy atom. The topological polar surface area (TPSA) is 74.5 Å². The summed E-state index contributed by atoms with van der Waals surface area (Å²) in [5, 5.41) is 16.4. The minimum Gasteiger partial charge on any atom is -0.467 e. The summed E-state index contributed by atoms with van der Waals surface area (Å²) in [5.41, 5.74) is 1.86. The molecule has 0 aliphatic carbocycles. The van der Waals surface area contributed by atoms with Gasteiger partial charge >= 0.3 is 0 Å².